The van der Waals surface area contributed by atoms with Crippen molar-refractivity contribution in [3.63, 3.8) is 0 Å². The fourth-order valence-corrected chi connectivity index (χ4v) is 2.33. The van der Waals surface area contributed by atoms with E-state index in [9.17, 15) is 0 Å². The van der Waals surface area contributed by atoms with Gasteiger partial charge in [-0.1, -0.05) is 24.3 Å². The molecule has 0 fully saturated rings. The number of hydrogen-bond donors (Lipinski definition) is 2. The molecule has 2 aromatic carbocycles. The van der Waals surface area contributed by atoms with E-state index in [4.69, 9.17) is 0 Å². The number of hydrogen-bond acceptors (Lipinski definition) is 4. The van der Waals surface area contributed by atoms with E-state index in [1.807, 2.05) is 54.9 Å². The second kappa shape index (κ2) is 5.29. The zero-order chi connectivity index (χ0) is 14.8. The van der Waals surface area contributed by atoms with Crippen LogP contribution in [0.2, 0.25) is 0 Å². The molecule has 4 rings (SSSR count). The molecule has 106 valence electrons. The zero-order valence-corrected chi connectivity index (χ0v) is 11.7. The van der Waals surface area contributed by atoms with Gasteiger partial charge >= 0.3 is 0 Å². The summed E-state index contributed by atoms with van der Waals surface area (Å²) >= 11 is 0. The highest BCUT2D eigenvalue weighted by Gasteiger charge is 2.04. The van der Waals surface area contributed by atoms with Crippen LogP contribution in [0.25, 0.3) is 22.0 Å². The summed E-state index contributed by atoms with van der Waals surface area (Å²) < 4.78 is 0. The number of H-pyrrole nitrogens is 1. The Morgan fingerprint density at radius 3 is 2.64 bits per heavy atom. The van der Waals surface area contributed by atoms with Gasteiger partial charge in [-0.25, -0.2) is 9.97 Å². The number of fused-ring (bicyclic) bond motifs is 1. The van der Waals surface area contributed by atoms with Crippen molar-refractivity contribution in [2.75, 3.05) is 5.32 Å². The highest BCUT2D eigenvalue weighted by atomic mass is 15.1. The van der Waals surface area contributed by atoms with Gasteiger partial charge in [-0.05, 0) is 29.8 Å². The molecule has 0 amide bonds. The zero-order valence-electron chi connectivity index (χ0n) is 11.7. The van der Waals surface area contributed by atoms with Gasteiger partial charge in [0.15, 0.2) is 0 Å². The largest absolute Gasteiger partial charge is 0.324 e. The fourth-order valence-electron chi connectivity index (χ4n) is 2.33. The lowest BCUT2D eigenvalue weighted by atomic mass is 10.1. The van der Waals surface area contributed by atoms with Crippen LogP contribution >= 0.6 is 0 Å². The van der Waals surface area contributed by atoms with Gasteiger partial charge < -0.3 is 5.32 Å². The predicted molar refractivity (Wildman–Crippen MR) is 86.8 cm³/mol. The standard InChI is InChI=1S/C17H13N5/c1-2-4-15(5-3-1)21-17-18-9-13-8-12(6-7-16(13)22-17)14-10-19-20-11-14/h1-11H,(H,19,20)(H,18,21,22). The summed E-state index contributed by atoms with van der Waals surface area (Å²) in [6.45, 7) is 0. The summed E-state index contributed by atoms with van der Waals surface area (Å²) in [6.07, 6.45) is 5.50. The van der Waals surface area contributed by atoms with E-state index in [2.05, 4.69) is 31.5 Å². The lowest BCUT2D eigenvalue weighted by Crippen LogP contribution is -1.96. The van der Waals surface area contributed by atoms with Crippen molar-refractivity contribution in [3.05, 3.63) is 67.1 Å². The quantitative estimate of drug-likeness (QED) is 0.602. The smallest absolute Gasteiger partial charge is 0.227 e. The van der Waals surface area contributed by atoms with Gasteiger partial charge in [0.2, 0.25) is 5.95 Å². The normalized spacial score (nSPS) is 10.7. The molecular formula is C17H13N5. The Morgan fingerprint density at radius 1 is 0.909 bits per heavy atom. The van der Waals surface area contributed by atoms with Crippen LogP contribution in [-0.4, -0.2) is 20.2 Å². The number of aromatic amines is 1. The van der Waals surface area contributed by atoms with E-state index in [0.717, 1.165) is 27.7 Å². The van der Waals surface area contributed by atoms with Crippen LogP contribution in [0.5, 0.6) is 0 Å². The molecule has 2 heterocycles. The van der Waals surface area contributed by atoms with Crippen molar-refractivity contribution in [3.8, 4) is 11.1 Å². The minimum atomic E-state index is 0.592. The van der Waals surface area contributed by atoms with Crippen molar-refractivity contribution < 1.29 is 0 Å². The van der Waals surface area contributed by atoms with Gasteiger partial charge in [0.25, 0.3) is 0 Å². The van der Waals surface area contributed by atoms with Crippen molar-refractivity contribution in [1.29, 1.82) is 0 Å². The molecule has 0 saturated heterocycles. The molecule has 2 aromatic heterocycles. The molecule has 0 bridgehead atoms. The Bertz CT molecular complexity index is 901. The molecule has 0 aliphatic heterocycles. The second-order valence-electron chi connectivity index (χ2n) is 4.95. The Hall–Kier alpha value is -3.21. The Morgan fingerprint density at radius 2 is 1.82 bits per heavy atom. The SMILES string of the molecule is c1ccc(Nc2ncc3cc(-c4cn[nH]c4)ccc3n2)cc1. The summed E-state index contributed by atoms with van der Waals surface area (Å²) in [5, 5.41) is 11.0. The van der Waals surface area contributed by atoms with E-state index in [-0.39, 0.29) is 0 Å². The fraction of sp³-hybridized carbons (Fsp3) is 0. The highest BCUT2D eigenvalue weighted by Crippen LogP contribution is 2.23. The van der Waals surface area contributed by atoms with Crippen LogP contribution in [0.4, 0.5) is 11.6 Å². The van der Waals surface area contributed by atoms with Crippen LogP contribution in [0.15, 0.2) is 67.1 Å². The molecule has 0 spiro atoms. The van der Waals surface area contributed by atoms with E-state index >= 15 is 0 Å². The van der Waals surface area contributed by atoms with Gasteiger partial charge in [0.1, 0.15) is 0 Å². The van der Waals surface area contributed by atoms with Crippen molar-refractivity contribution in [2.24, 2.45) is 0 Å². The second-order valence-corrected chi connectivity index (χ2v) is 4.95. The maximum absolute atomic E-state index is 4.55. The van der Waals surface area contributed by atoms with E-state index in [1.165, 1.54) is 0 Å². The van der Waals surface area contributed by atoms with E-state index < -0.39 is 0 Å². The highest BCUT2D eigenvalue weighted by molar-refractivity contribution is 5.84. The number of para-hydroxylation sites is 1. The van der Waals surface area contributed by atoms with E-state index in [1.54, 1.807) is 6.20 Å². The minimum Gasteiger partial charge on any atom is -0.324 e. The van der Waals surface area contributed by atoms with Gasteiger partial charge in [0.05, 0.1) is 11.7 Å². The Labute approximate surface area is 127 Å². The van der Waals surface area contributed by atoms with Crippen molar-refractivity contribution in [2.45, 2.75) is 0 Å². The molecule has 2 N–H and O–H groups in total. The Kier molecular flexibility index (Phi) is 3.01. The minimum absolute atomic E-state index is 0.592. The molecule has 0 aliphatic rings. The number of benzene rings is 2. The molecule has 0 unspecified atom stereocenters. The molecule has 5 nitrogen and oxygen atoms in total. The molecule has 5 heteroatoms. The number of nitrogens with one attached hydrogen (secondary N) is 2. The first-order valence-corrected chi connectivity index (χ1v) is 6.96. The van der Waals surface area contributed by atoms with Crippen LogP contribution in [0, 0.1) is 0 Å². The van der Waals surface area contributed by atoms with Gasteiger partial charge in [-0.3, -0.25) is 5.10 Å². The summed E-state index contributed by atoms with van der Waals surface area (Å²) in [5.74, 6) is 0.592. The van der Waals surface area contributed by atoms with Gasteiger partial charge in [0, 0.05) is 29.0 Å². The summed E-state index contributed by atoms with van der Waals surface area (Å²) in [6, 6.07) is 16.0. The first-order chi connectivity index (χ1) is 10.9. The molecule has 0 atom stereocenters. The van der Waals surface area contributed by atoms with Gasteiger partial charge in [-0.2, -0.15) is 5.10 Å². The van der Waals surface area contributed by atoms with Crippen molar-refractivity contribution in [1.82, 2.24) is 20.2 Å². The van der Waals surface area contributed by atoms with Crippen LogP contribution < -0.4 is 5.32 Å². The lowest BCUT2D eigenvalue weighted by Gasteiger charge is -2.06. The molecule has 4 aromatic rings. The number of anilines is 2. The van der Waals surface area contributed by atoms with Crippen LogP contribution in [0.1, 0.15) is 0 Å². The molecule has 0 saturated carbocycles. The Balaban J connectivity index is 1.68. The third-order valence-corrected chi connectivity index (χ3v) is 3.44. The van der Waals surface area contributed by atoms with Crippen LogP contribution in [0.3, 0.4) is 0 Å². The maximum atomic E-state index is 4.55. The topological polar surface area (TPSA) is 66.5 Å². The number of aromatic nitrogens is 4. The van der Waals surface area contributed by atoms with Gasteiger partial charge in [-0.15, -0.1) is 0 Å². The lowest BCUT2D eigenvalue weighted by molar-refractivity contribution is 1.09. The average Bonchev–Trinajstić information content (AvgIpc) is 3.10. The molecular weight excluding hydrogens is 274 g/mol. The third kappa shape index (κ3) is 2.40. The molecule has 22 heavy (non-hydrogen) atoms. The predicted octanol–water partition coefficient (Wildman–Crippen LogP) is 3.76. The maximum Gasteiger partial charge on any atom is 0.227 e. The summed E-state index contributed by atoms with van der Waals surface area (Å²) in [5.41, 5.74) is 4.01. The number of rotatable bonds is 3. The third-order valence-electron chi connectivity index (χ3n) is 3.44. The monoisotopic (exact) mass is 287 g/mol. The first-order valence-electron chi connectivity index (χ1n) is 6.96. The average molecular weight is 287 g/mol. The number of nitrogens with zero attached hydrogens (tertiary/aromatic N) is 3. The van der Waals surface area contributed by atoms with Crippen molar-refractivity contribution >= 4 is 22.5 Å². The van der Waals surface area contributed by atoms with E-state index in [0.29, 0.717) is 5.95 Å². The van der Waals surface area contributed by atoms with Crippen LogP contribution in [-0.2, 0) is 0 Å². The summed E-state index contributed by atoms with van der Waals surface area (Å²) in [4.78, 5) is 8.93. The molecule has 0 radical (unpaired) electrons. The summed E-state index contributed by atoms with van der Waals surface area (Å²) in [7, 11) is 0. The molecule has 0 aliphatic carbocycles. The first kappa shape index (κ1) is 12.5.